The highest BCUT2D eigenvalue weighted by Gasteiger charge is 2.27. The average molecular weight is 409 g/mol. The Morgan fingerprint density at radius 3 is 2.80 bits per heavy atom. The van der Waals surface area contributed by atoms with Crippen LogP contribution in [0.15, 0.2) is 41.6 Å². The van der Waals surface area contributed by atoms with Gasteiger partial charge in [-0.1, -0.05) is 6.07 Å². The van der Waals surface area contributed by atoms with Crippen molar-refractivity contribution < 1.29 is 14.7 Å². The molecule has 3 aromatic heterocycles. The second-order valence-corrected chi connectivity index (χ2v) is 7.00. The molecule has 0 bridgehead atoms. The Balaban J connectivity index is 0.000000806. The van der Waals surface area contributed by atoms with Gasteiger partial charge in [0, 0.05) is 31.6 Å². The molecular weight excluding hydrogens is 386 g/mol. The van der Waals surface area contributed by atoms with Gasteiger partial charge in [-0.05, 0) is 37.1 Å². The predicted molar refractivity (Wildman–Crippen MR) is 109 cm³/mol. The van der Waals surface area contributed by atoms with Gasteiger partial charge < -0.3 is 19.6 Å². The molecule has 0 saturated heterocycles. The van der Waals surface area contributed by atoms with Gasteiger partial charge in [0.1, 0.15) is 11.4 Å². The van der Waals surface area contributed by atoms with E-state index in [1.807, 2.05) is 25.1 Å². The molecule has 156 valence electrons. The second kappa shape index (κ2) is 9.17. The Morgan fingerprint density at radius 1 is 1.33 bits per heavy atom. The molecule has 0 aliphatic carbocycles. The van der Waals surface area contributed by atoms with E-state index in [1.165, 1.54) is 0 Å². The zero-order chi connectivity index (χ0) is 21.7. The van der Waals surface area contributed by atoms with Crippen LogP contribution in [0.25, 0.3) is 0 Å². The number of aryl methyl sites for hydroxylation is 2. The molecule has 4 heterocycles. The van der Waals surface area contributed by atoms with Crippen LogP contribution in [0.2, 0.25) is 0 Å². The number of nitrogens with zero attached hydrogens (tertiary/aromatic N) is 4. The lowest BCUT2D eigenvalue weighted by atomic mass is 10.1. The fourth-order valence-corrected chi connectivity index (χ4v) is 3.51. The number of H-pyrrole nitrogens is 1. The number of hydrogen-bond donors (Lipinski definition) is 2. The minimum Gasteiger partial charge on any atom is -0.483 e. The number of aromatic nitrogens is 4. The first-order chi connectivity index (χ1) is 14.4. The number of carbonyl (C=O) groups excluding carboxylic acids is 1. The number of rotatable bonds is 3. The van der Waals surface area contributed by atoms with Crippen LogP contribution in [0.4, 0.5) is 0 Å². The number of nitrogens with one attached hydrogen (secondary N) is 1. The van der Waals surface area contributed by atoms with Crippen molar-refractivity contribution in [2.45, 2.75) is 33.4 Å². The maximum Gasteiger partial charge on any atom is 0.290 e. The van der Waals surface area contributed by atoms with Crippen LogP contribution in [0.1, 0.15) is 38.7 Å². The van der Waals surface area contributed by atoms with Crippen molar-refractivity contribution in [3.63, 3.8) is 0 Å². The van der Waals surface area contributed by atoms with Gasteiger partial charge in [0.15, 0.2) is 0 Å². The largest absolute Gasteiger partial charge is 0.483 e. The molecule has 2 N–H and O–H groups in total. The molecule has 1 aliphatic rings. The van der Waals surface area contributed by atoms with Crippen molar-refractivity contribution in [3.05, 3.63) is 81.0 Å². The van der Waals surface area contributed by atoms with Crippen LogP contribution in [-0.2, 0) is 24.3 Å². The topological polar surface area (TPSA) is 121 Å². The summed E-state index contributed by atoms with van der Waals surface area (Å²) in [5.74, 6) is 0.625. The smallest absolute Gasteiger partial charge is 0.290 e. The van der Waals surface area contributed by atoms with Gasteiger partial charge in [0.05, 0.1) is 24.5 Å². The van der Waals surface area contributed by atoms with Gasteiger partial charge in [-0.2, -0.15) is 0 Å². The normalized spacial score (nSPS) is 12.5. The third-order valence-electron chi connectivity index (χ3n) is 4.90. The van der Waals surface area contributed by atoms with Crippen LogP contribution >= 0.6 is 0 Å². The first-order valence-electron chi connectivity index (χ1n) is 9.45. The summed E-state index contributed by atoms with van der Waals surface area (Å²) in [4.78, 5) is 48.0. The highest BCUT2D eigenvalue weighted by molar-refractivity contribution is 5.95. The number of amides is 1. The number of carbonyl (C=O) groups is 2. The third-order valence-corrected chi connectivity index (χ3v) is 4.90. The monoisotopic (exact) mass is 409 g/mol. The first-order valence-corrected chi connectivity index (χ1v) is 9.45. The Hall–Kier alpha value is -3.75. The van der Waals surface area contributed by atoms with Crippen molar-refractivity contribution >= 4 is 12.4 Å². The summed E-state index contributed by atoms with van der Waals surface area (Å²) >= 11 is 0. The summed E-state index contributed by atoms with van der Waals surface area (Å²) in [6, 6.07) is 5.56. The molecule has 0 unspecified atom stereocenters. The van der Waals surface area contributed by atoms with Gasteiger partial charge in [0.25, 0.3) is 17.9 Å². The number of fused-ring (bicyclic) bond motifs is 1. The van der Waals surface area contributed by atoms with E-state index in [-0.39, 0.29) is 23.5 Å². The average Bonchev–Trinajstić information content (AvgIpc) is 3.10. The van der Waals surface area contributed by atoms with E-state index in [0.29, 0.717) is 31.6 Å². The van der Waals surface area contributed by atoms with E-state index in [4.69, 9.17) is 9.90 Å². The molecule has 0 fully saturated rings. The molecule has 0 radical (unpaired) electrons. The predicted octanol–water partition coefficient (Wildman–Crippen LogP) is 1.53. The standard InChI is InChI=1S/C20H21N5O2.CH2O2/c1-13-5-8-24(11-15-4-3-7-21-10-15)19(26)18(13)20(27)25-9-6-16-17(12-25)23-14(2)22-16;2-1-3/h3-5,7-8,10H,6,9,11-12H2,1-2H3,(H,22,23);1H,(H,2,3). The van der Waals surface area contributed by atoms with Crippen molar-refractivity contribution in [1.29, 1.82) is 0 Å². The summed E-state index contributed by atoms with van der Waals surface area (Å²) in [5.41, 5.74) is 3.54. The summed E-state index contributed by atoms with van der Waals surface area (Å²) in [6.45, 7) is 4.86. The Kier molecular flexibility index (Phi) is 6.41. The van der Waals surface area contributed by atoms with Crippen LogP contribution in [0.5, 0.6) is 0 Å². The molecule has 4 rings (SSSR count). The summed E-state index contributed by atoms with van der Waals surface area (Å²) in [7, 11) is 0. The van der Waals surface area contributed by atoms with Gasteiger partial charge >= 0.3 is 0 Å². The fraction of sp³-hybridized carbons (Fsp3) is 0.286. The second-order valence-electron chi connectivity index (χ2n) is 7.00. The van der Waals surface area contributed by atoms with Crippen LogP contribution in [-0.4, -0.2) is 48.4 Å². The van der Waals surface area contributed by atoms with E-state index in [9.17, 15) is 9.59 Å². The quantitative estimate of drug-likeness (QED) is 0.633. The lowest BCUT2D eigenvalue weighted by Gasteiger charge is -2.26. The highest BCUT2D eigenvalue weighted by Crippen LogP contribution is 2.19. The van der Waals surface area contributed by atoms with E-state index in [0.717, 1.165) is 22.8 Å². The molecule has 0 spiro atoms. The number of aromatic amines is 1. The summed E-state index contributed by atoms with van der Waals surface area (Å²) in [5, 5.41) is 6.89. The maximum absolute atomic E-state index is 13.1. The van der Waals surface area contributed by atoms with E-state index in [1.54, 1.807) is 35.0 Å². The van der Waals surface area contributed by atoms with Crippen LogP contribution < -0.4 is 5.56 Å². The van der Waals surface area contributed by atoms with Crippen LogP contribution in [0, 0.1) is 13.8 Å². The van der Waals surface area contributed by atoms with Crippen molar-refractivity contribution in [3.8, 4) is 0 Å². The first kappa shape index (κ1) is 21.0. The van der Waals surface area contributed by atoms with Gasteiger partial charge in [-0.25, -0.2) is 4.98 Å². The summed E-state index contributed by atoms with van der Waals surface area (Å²) < 4.78 is 1.56. The zero-order valence-electron chi connectivity index (χ0n) is 16.8. The summed E-state index contributed by atoms with van der Waals surface area (Å²) in [6.07, 6.45) is 5.84. The van der Waals surface area contributed by atoms with E-state index >= 15 is 0 Å². The van der Waals surface area contributed by atoms with Gasteiger partial charge in [0.2, 0.25) is 0 Å². The molecule has 0 atom stereocenters. The fourth-order valence-electron chi connectivity index (χ4n) is 3.51. The molecular formula is C21H23N5O4. The van der Waals surface area contributed by atoms with Crippen molar-refractivity contribution in [2.75, 3.05) is 6.54 Å². The van der Waals surface area contributed by atoms with Crippen molar-refractivity contribution in [2.24, 2.45) is 0 Å². The molecule has 1 aliphatic heterocycles. The molecule has 0 saturated carbocycles. The highest BCUT2D eigenvalue weighted by atomic mass is 16.3. The Labute approximate surface area is 173 Å². The molecule has 1 amide bonds. The van der Waals surface area contributed by atoms with E-state index in [2.05, 4.69) is 15.0 Å². The number of hydrogen-bond acceptors (Lipinski definition) is 5. The van der Waals surface area contributed by atoms with Crippen LogP contribution in [0.3, 0.4) is 0 Å². The lowest BCUT2D eigenvalue weighted by Crippen LogP contribution is -2.40. The Bertz CT molecular complexity index is 1100. The van der Waals surface area contributed by atoms with Gasteiger partial charge in [-0.15, -0.1) is 0 Å². The van der Waals surface area contributed by atoms with Crippen molar-refractivity contribution in [1.82, 2.24) is 24.4 Å². The molecule has 0 aromatic carbocycles. The number of carboxylic acid groups (broad SMARTS) is 1. The minimum absolute atomic E-state index is 0.226. The maximum atomic E-state index is 13.1. The molecule has 3 aromatic rings. The lowest BCUT2D eigenvalue weighted by molar-refractivity contribution is -0.122. The molecule has 9 heteroatoms. The molecule has 9 nitrogen and oxygen atoms in total. The third kappa shape index (κ3) is 4.45. The number of imidazole rings is 1. The number of pyridine rings is 2. The minimum atomic E-state index is -0.268. The van der Waals surface area contributed by atoms with E-state index < -0.39 is 0 Å². The SMILES string of the molecule is Cc1nc2c([nH]1)CN(C(=O)c1c(C)ccn(Cc3cccnc3)c1=O)CC2.O=CO. The zero-order valence-corrected chi connectivity index (χ0v) is 16.8. The van der Waals surface area contributed by atoms with Gasteiger partial charge in [-0.3, -0.25) is 19.4 Å². The Morgan fingerprint density at radius 2 is 2.10 bits per heavy atom. The molecule has 30 heavy (non-hydrogen) atoms.